The van der Waals surface area contributed by atoms with Gasteiger partial charge in [-0.05, 0) is 43.0 Å². The van der Waals surface area contributed by atoms with E-state index in [9.17, 15) is 12.8 Å². The molecule has 2 aromatic rings. The number of anilines is 1. The molecule has 0 saturated carbocycles. The highest BCUT2D eigenvalue weighted by Gasteiger charge is 2.31. The fraction of sp³-hybridized carbons (Fsp3) is 0.308. The Hall–Kier alpha value is -1.93. The number of nitrogens with zero attached hydrogens (tertiary/aromatic N) is 1. The van der Waals surface area contributed by atoms with E-state index >= 15 is 0 Å². The number of benzene rings is 1. The minimum absolute atomic E-state index is 0.136. The standard InChI is InChI=1S/C13H14FN3O3S/c1-7-12(13(15)16-20-7)21(18,19)17-11-5-2-8-6-9(14)3-4-10(8)11/h3-4,6,11,17H,2,5H2,1H3,(H2,15,16). The number of aryl methyl sites for hydroxylation is 2. The quantitative estimate of drug-likeness (QED) is 0.898. The van der Waals surface area contributed by atoms with Gasteiger partial charge >= 0.3 is 0 Å². The summed E-state index contributed by atoms with van der Waals surface area (Å²) in [6.45, 7) is 1.48. The number of sulfonamides is 1. The molecule has 1 aromatic carbocycles. The van der Waals surface area contributed by atoms with Crippen LogP contribution < -0.4 is 10.5 Å². The lowest BCUT2D eigenvalue weighted by molar-refractivity contribution is 0.396. The third kappa shape index (κ3) is 2.40. The van der Waals surface area contributed by atoms with Crippen molar-refractivity contribution in [3.8, 4) is 0 Å². The largest absolute Gasteiger partial charge is 0.380 e. The maximum Gasteiger partial charge on any atom is 0.248 e. The van der Waals surface area contributed by atoms with Crippen molar-refractivity contribution < 1.29 is 17.3 Å². The molecule has 3 N–H and O–H groups in total. The maximum atomic E-state index is 13.2. The van der Waals surface area contributed by atoms with E-state index in [0.717, 1.165) is 11.1 Å². The fourth-order valence-corrected chi connectivity index (χ4v) is 4.13. The van der Waals surface area contributed by atoms with Crippen LogP contribution >= 0.6 is 0 Å². The van der Waals surface area contributed by atoms with Crippen molar-refractivity contribution in [3.05, 3.63) is 40.9 Å². The van der Waals surface area contributed by atoms with Crippen molar-refractivity contribution >= 4 is 15.8 Å². The highest BCUT2D eigenvalue weighted by atomic mass is 32.2. The predicted molar refractivity (Wildman–Crippen MR) is 73.4 cm³/mol. The Balaban J connectivity index is 1.92. The molecule has 6 nitrogen and oxygen atoms in total. The van der Waals surface area contributed by atoms with Crippen LogP contribution in [0.4, 0.5) is 10.2 Å². The average Bonchev–Trinajstić information content (AvgIpc) is 2.93. The Morgan fingerprint density at radius 1 is 1.48 bits per heavy atom. The summed E-state index contributed by atoms with van der Waals surface area (Å²) in [5.41, 5.74) is 7.14. The van der Waals surface area contributed by atoms with Crippen molar-refractivity contribution in [2.45, 2.75) is 30.7 Å². The molecule has 0 fully saturated rings. The lowest BCUT2D eigenvalue weighted by atomic mass is 10.1. The molecule has 3 rings (SSSR count). The predicted octanol–water partition coefficient (Wildman–Crippen LogP) is 1.67. The number of nitrogens with one attached hydrogen (secondary N) is 1. The van der Waals surface area contributed by atoms with E-state index in [1.807, 2.05) is 0 Å². The second kappa shape index (κ2) is 4.81. The number of fused-ring (bicyclic) bond motifs is 1. The van der Waals surface area contributed by atoms with Crippen LogP contribution in [0, 0.1) is 12.7 Å². The number of aromatic nitrogens is 1. The number of halogens is 1. The summed E-state index contributed by atoms with van der Waals surface area (Å²) in [5, 5.41) is 3.45. The molecule has 0 radical (unpaired) electrons. The lowest BCUT2D eigenvalue weighted by Gasteiger charge is -2.14. The van der Waals surface area contributed by atoms with Gasteiger partial charge in [0.25, 0.3) is 0 Å². The van der Waals surface area contributed by atoms with Crippen molar-refractivity contribution in [3.63, 3.8) is 0 Å². The van der Waals surface area contributed by atoms with Gasteiger partial charge in [-0.25, -0.2) is 17.5 Å². The zero-order valence-corrected chi connectivity index (χ0v) is 12.1. The van der Waals surface area contributed by atoms with E-state index in [-0.39, 0.29) is 22.3 Å². The van der Waals surface area contributed by atoms with Gasteiger partial charge in [0.05, 0.1) is 0 Å². The van der Waals surface area contributed by atoms with Crippen LogP contribution in [0.15, 0.2) is 27.6 Å². The average molecular weight is 311 g/mol. The SMILES string of the molecule is Cc1onc(N)c1S(=O)(=O)NC1CCc2cc(F)ccc21. The molecular weight excluding hydrogens is 297 g/mol. The zero-order chi connectivity index (χ0) is 15.2. The van der Waals surface area contributed by atoms with E-state index in [1.165, 1.54) is 19.1 Å². The third-order valence-electron chi connectivity index (χ3n) is 3.58. The van der Waals surface area contributed by atoms with Gasteiger partial charge in [0.15, 0.2) is 16.5 Å². The molecule has 0 spiro atoms. The number of rotatable bonds is 3. The van der Waals surface area contributed by atoms with Crippen LogP contribution in [0.1, 0.15) is 29.3 Å². The fourth-order valence-electron chi connectivity index (χ4n) is 2.66. The first-order valence-corrected chi connectivity index (χ1v) is 7.89. The minimum Gasteiger partial charge on any atom is -0.380 e. The van der Waals surface area contributed by atoms with E-state index in [0.29, 0.717) is 12.8 Å². The molecule has 112 valence electrons. The monoisotopic (exact) mass is 311 g/mol. The highest BCUT2D eigenvalue weighted by Crippen LogP contribution is 2.33. The second-order valence-corrected chi connectivity index (χ2v) is 6.66. The molecule has 1 aliphatic carbocycles. The topological polar surface area (TPSA) is 98.2 Å². The maximum absolute atomic E-state index is 13.2. The smallest absolute Gasteiger partial charge is 0.248 e. The molecule has 8 heteroatoms. The molecular formula is C13H14FN3O3S. The number of hydrogen-bond acceptors (Lipinski definition) is 5. The second-order valence-electron chi connectivity index (χ2n) is 5.01. The van der Waals surface area contributed by atoms with E-state index in [1.54, 1.807) is 6.07 Å². The van der Waals surface area contributed by atoms with Crippen molar-refractivity contribution in [2.75, 3.05) is 5.73 Å². The van der Waals surface area contributed by atoms with Crippen LogP contribution in [0.5, 0.6) is 0 Å². The first-order valence-electron chi connectivity index (χ1n) is 6.41. The highest BCUT2D eigenvalue weighted by molar-refractivity contribution is 7.89. The Morgan fingerprint density at radius 3 is 2.90 bits per heavy atom. The summed E-state index contributed by atoms with van der Waals surface area (Å²) in [7, 11) is -3.84. The first-order chi connectivity index (χ1) is 9.88. The van der Waals surface area contributed by atoms with Gasteiger partial charge in [0.1, 0.15) is 5.82 Å². The van der Waals surface area contributed by atoms with Crippen LogP contribution in [-0.4, -0.2) is 13.6 Å². The molecule has 1 aliphatic rings. The van der Waals surface area contributed by atoms with Crippen molar-refractivity contribution in [1.82, 2.24) is 9.88 Å². The number of hydrogen-bond donors (Lipinski definition) is 2. The third-order valence-corrected chi connectivity index (χ3v) is 5.21. The Morgan fingerprint density at radius 2 is 2.24 bits per heavy atom. The van der Waals surface area contributed by atoms with E-state index in [4.69, 9.17) is 10.3 Å². The summed E-state index contributed by atoms with van der Waals surface area (Å²) in [4.78, 5) is -0.141. The molecule has 1 aromatic heterocycles. The van der Waals surface area contributed by atoms with Gasteiger partial charge in [0.2, 0.25) is 10.0 Å². The van der Waals surface area contributed by atoms with Gasteiger partial charge in [-0.3, -0.25) is 0 Å². The molecule has 1 unspecified atom stereocenters. The summed E-state index contributed by atoms with van der Waals surface area (Å²) in [5.74, 6) is -0.356. The van der Waals surface area contributed by atoms with Crippen molar-refractivity contribution in [2.24, 2.45) is 0 Å². The van der Waals surface area contributed by atoms with Crippen LogP contribution in [-0.2, 0) is 16.4 Å². The van der Waals surface area contributed by atoms with Crippen LogP contribution in [0.3, 0.4) is 0 Å². The van der Waals surface area contributed by atoms with Crippen molar-refractivity contribution in [1.29, 1.82) is 0 Å². The summed E-state index contributed by atoms with van der Waals surface area (Å²) >= 11 is 0. The molecule has 0 aliphatic heterocycles. The molecule has 0 amide bonds. The van der Waals surface area contributed by atoms with E-state index in [2.05, 4.69) is 9.88 Å². The zero-order valence-electron chi connectivity index (χ0n) is 11.3. The van der Waals surface area contributed by atoms with Gasteiger partial charge < -0.3 is 10.3 Å². The number of nitrogens with two attached hydrogens (primary N) is 1. The summed E-state index contributed by atoms with van der Waals surface area (Å²) < 4.78 is 45.4. The Bertz CT molecular complexity index is 781. The first kappa shape index (κ1) is 14.0. The summed E-state index contributed by atoms with van der Waals surface area (Å²) in [6, 6.07) is 3.96. The summed E-state index contributed by atoms with van der Waals surface area (Å²) in [6.07, 6.45) is 1.20. The molecule has 1 heterocycles. The van der Waals surface area contributed by atoms with Gasteiger partial charge in [-0.2, -0.15) is 0 Å². The lowest BCUT2D eigenvalue weighted by Crippen LogP contribution is -2.28. The van der Waals surface area contributed by atoms with Gasteiger partial charge in [-0.15, -0.1) is 0 Å². The minimum atomic E-state index is -3.84. The van der Waals surface area contributed by atoms with E-state index < -0.39 is 16.1 Å². The Kier molecular flexibility index (Phi) is 3.22. The van der Waals surface area contributed by atoms with Gasteiger partial charge in [-0.1, -0.05) is 11.2 Å². The Labute approximate surface area is 121 Å². The number of nitrogen functional groups attached to an aromatic ring is 1. The molecule has 21 heavy (non-hydrogen) atoms. The van der Waals surface area contributed by atoms with Crippen LogP contribution in [0.25, 0.3) is 0 Å². The molecule has 1 atom stereocenters. The normalized spacial score (nSPS) is 17.9. The molecule has 0 saturated heterocycles. The molecule has 0 bridgehead atoms. The van der Waals surface area contributed by atoms with Crippen LogP contribution in [0.2, 0.25) is 0 Å². The van der Waals surface area contributed by atoms with Gasteiger partial charge in [0, 0.05) is 6.04 Å².